The topological polar surface area (TPSA) is 68.0 Å². The highest BCUT2D eigenvalue weighted by atomic mass is 35.5. The average Bonchev–Trinajstić information content (AvgIpc) is 2.76. The van der Waals surface area contributed by atoms with Crippen LogP contribution in [0.4, 0.5) is 5.13 Å². The Morgan fingerprint density at radius 1 is 1.56 bits per heavy atom. The number of carbonyl (C=O) groups excluding carboxylic acids is 1. The first-order valence-corrected chi connectivity index (χ1v) is 5.95. The molecule has 1 aromatic heterocycles. The minimum Gasteiger partial charge on any atom is -0.317 e. The lowest BCUT2D eigenvalue weighted by molar-refractivity contribution is -0.121. The summed E-state index contributed by atoms with van der Waals surface area (Å²) in [7, 11) is 0. The Balaban J connectivity index is 0.00000128. The normalized spacial score (nSPS) is 17.9. The molecule has 0 aliphatic heterocycles. The van der Waals surface area contributed by atoms with Crippen molar-refractivity contribution in [2.75, 3.05) is 5.32 Å². The maximum atomic E-state index is 11.9. The van der Waals surface area contributed by atoms with E-state index in [1.165, 1.54) is 11.3 Å². The third kappa shape index (κ3) is 2.72. The first-order chi connectivity index (χ1) is 7.10. The minimum atomic E-state index is -0.667. The number of aryl methyl sites for hydroxylation is 1. The Kier molecular flexibility index (Phi) is 4.29. The lowest BCUT2D eigenvalue weighted by atomic mass is 9.98. The van der Waals surface area contributed by atoms with Crippen LogP contribution in [0.5, 0.6) is 0 Å². The number of carbonyl (C=O) groups is 1. The number of hydrogen-bond donors (Lipinski definition) is 2. The Bertz CT molecular complexity index is 374. The zero-order valence-electron chi connectivity index (χ0n) is 9.16. The van der Waals surface area contributed by atoms with Crippen LogP contribution in [0.25, 0.3) is 0 Å². The molecule has 0 bridgehead atoms. The van der Waals surface area contributed by atoms with Gasteiger partial charge in [-0.2, -0.15) is 0 Å². The molecular formula is C10H16ClN3OS. The largest absolute Gasteiger partial charge is 0.317 e. The molecule has 1 aliphatic carbocycles. The number of aromatic nitrogens is 1. The van der Waals surface area contributed by atoms with E-state index in [1.54, 1.807) is 6.20 Å². The third-order valence-electron chi connectivity index (χ3n) is 2.79. The van der Waals surface area contributed by atoms with Gasteiger partial charge in [0, 0.05) is 11.1 Å². The van der Waals surface area contributed by atoms with Gasteiger partial charge in [-0.15, -0.1) is 23.7 Å². The SMILES string of the molecule is Cc1cnc(NC(=O)C2(N)CCCC2)s1.Cl. The van der Waals surface area contributed by atoms with Gasteiger partial charge in [0.1, 0.15) is 0 Å². The summed E-state index contributed by atoms with van der Waals surface area (Å²) >= 11 is 1.47. The van der Waals surface area contributed by atoms with Gasteiger partial charge in [0.05, 0.1) is 5.54 Å². The van der Waals surface area contributed by atoms with Crippen LogP contribution in [0.15, 0.2) is 6.20 Å². The maximum Gasteiger partial charge on any atom is 0.246 e. The molecule has 0 saturated heterocycles. The molecule has 0 atom stereocenters. The van der Waals surface area contributed by atoms with Crippen molar-refractivity contribution in [2.45, 2.75) is 38.1 Å². The van der Waals surface area contributed by atoms with Crippen LogP contribution in [-0.2, 0) is 4.79 Å². The van der Waals surface area contributed by atoms with Gasteiger partial charge in [0.2, 0.25) is 5.91 Å². The van der Waals surface area contributed by atoms with E-state index in [0.717, 1.165) is 30.6 Å². The molecular weight excluding hydrogens is 246 g/mol. The van der Waals surface area contributed by atoms with Crippen molar-refractivity contribution in [3.8, 4) is 0 Å². The van der Waals surface area contributed by atoms with Crippen LogP contribution < -0.4 is 11.1 Å². The standard InChI is InChI=1S/C10H15N3OS.ClH/c1-7-6-12-9(15-7)13-8(14)10(11)4-2-3-5-10;/h6H,2-5,11H2,1H3,(H,12,13,14);1H. The second-order valence-electron chi connectivity index (χ2n) is 4.09. The molecule has 0 unspecified atom stereocenters. The molecule has 1 saturated carbocycles. The summed E-state index contributed by atoms with van der Waals surface area (Å²) in [5.41, 5.74) is 5.35. The van der Waals surface area contributed by atoms with E-state index in [4.69, 9.17) is 5.73 Å². The maximum absolute atomic E-state index is 11.9. The summed E-state index contributed by atoms with van der Waals surface area (Å²) in [5.74, 6) is -0.0886. The first-order valence-electron chi connectivity index (χ1n) is 5.13. The first kappa shape index (κ1) is 13.4. The number of nitrogens with two attached hydrogens (primary N) is 1. The number of thiazole rings is 1. The highest BCUT2D eigenvalue weighted by molar-refractivity contribution is 7.15. The van der Waals surface area contributed by atoms with Crippen LogP contribution in [0.2, 0.25) is 0 Å². The van der Waals surface area contributed by atoms with Gasteiger partial charge < -0.3 is 11.1 Å². The lowest BCUT2D eigenvalue weighted by Gasteiger charge is -2.21. The smallest absolute Gasteiger partial charge is 0.246 e. The fraction of sp³-hybridized carbons (Fsp3) is 0.600. The molecule has 1 aliphatic rings. The van der Waals surface area contributed by atoms with Crippen molar-refractivity contribution in [2.24, 2.45) is 5.73 Å². The Labute approximate surface area is 105 Å². The van der Waals surface area contributed by atoms with Crippen LogP contribution in [0.1, 0.15) is 30.6 Å². The van der Waals surface area contributed by atoms with Crippen LogP contribution in [0, 0.1) is 6.92 Å². The van der Waals surface area contributed by atoms with Gasteiger partial charge in [0.15, 0.2) is 5.13 Å². The zero-order chi connectivity index (χ0) is 10.9. The highest BCUT2D eigenvalue weighted by Gasteiger charge is 2.37. The number of nitrogens with zero attached hydrogens (tertiary/aromatic N) is 1. The van der Waals surface area contributed by atoms with Crippen molar-refractivity contribution < 1.29 is 4.79 Å². The van der Waals surface area contributed by atoms with Gasteiger partial charge in [-0.25, -0.2) is 4.98 Å². The summed E-state index contributed by atoms with van der Waals surface area (Å²) in [6.07, 6.45) is 5.39. The zero-order valence-corrected chi connectivity index (χ0v) is 10.8. The Morgan fingerprint density at radius 3 is 2.69 bits per heavy atom. The van der Waals surface area contributed by atoms with E-state index in [-0.39, 0.29) is 18.3 Å². The third-order valence-corrected chi connectivity index (χ3v) is 3.62. The van der Waals surface area contributed by atoms with Crippen LogP contribution in [0.3, 0.4) is 0 Å². The molecule has 0 radical (unpaired) electrons. The monoisotopic (exact) mass is 261 g/mol. The van der Waals surface area contributed by atoms with E-state index < -0.39 is 5.54 Å². The molecule has 1 amide bonds. The quantitative estimate of drug-likeness (QED) is 0.857. The van der Waals surface area contributed by atoms with Gasteiger partial charge in [-0.3, -0.25) is 4.79 Å². The van der Waals surface area contributed by atoms with Gasteiger partial charge in [0.25, 0.3) is 0 Å². The molecule has 2 rings (SSSR count). The lowest BCUT2D eigenvalue weighted by Crippen LogP contribution is -2.48. The molecule has 1 fully saturated rings. The van der Waals surface area contributed by atoms with Crippen molar-refractivity contribution in [1.29, 1.82) is 0 Å². The molecule has 1 heterocycles. The highest BCUT2D eigenvalue weighted by Crippen LogP contribution is 2.29. The van der Waals surface area contributed by atoms with Gasteiger partial charge in [-0.1, -0.05) is 12.8 Å². The minimum absolute atomic E-state index is 0. The van der Waals surface area contributed by atoms with E-state index in [9.17, 15) is 4.79 Å². The van der Waals surface area contributed by atoms with Crippen molar-refractivity contribution >= 4 is 34.8 Å². The number of halogens is 1. The van der Waals surface area contributed by atoms with Crippen LogP contribution in [-0.4, -0.2) is 16.4 Å². The molecule has 3 N–H and O–H groups in total. The predicted octanol–water partition coefficient (Wildman–Crippen LogP) is 2.08. The molecule has 0 spiro atoms. The second kappa shape index (κ2) is 5.12. The fourth-order valence-corrected chi connectivity index (χ4v) is 2.53. The molecule has 90 valence electrons. The van der Waals surface area contributed by atoms with E-state index in [1.807, 2.05) is 6.92 Å². The molecule has 0 aromatic carbocycles. The number of nitrogens with one attached hydrogen (secondary N) is 1. The number of anilines is 1. The predicted molar refractivity (Wildman–Crippen MR) is 68.1 cm³/mol. The molecule has 6 heteroatoms. The summed E-state index contributed by atoms with van der Waals surface area (Å²) in [4.78, 5) is 17.1. The van der Waals surface area contributed by atoms with Gasteiger partial charge >= 0.3 is 0 Å². The summed E-state index contributed by atoms with van der Waals surface area (Å²) < 4.78 is 0. The number of rotatable bonds is 2. The number of amides is 1. The van der Waals surface area contributed by atoms with Crippen molar-refractivity contribution in [3.63, 3.8) is 0 Å². The molecule has 1 aromatic rings. The van der Waals surface area contributed by atoms with Gasteiger partial charge in [-0.05, 0) is 19.8 Å². The summed E-state index contributed by atoms with van der Waals surface area (Å²) in [6.45, 7) is 1.96. The van der Waals surface area contributed by atoms with E-state index >= 15 is 0 Å². The summed E-state index contributed by atoms with van der Waals surface area (Å²) in [6, 6.07) is 0. The van der Waals surface area contributed by atoms with Crippen molar-refractivity contribution in [3.05, 3.63) is 11.1 Å². The molecule has 4 nitrogen and oxygen atoms in total. The summed E-state index contributed by atoms with van der Waals surface area (Å²) in [5, 5.41) is 3.44. The van der Waals surface area contributed by atoms with E-state index in [2.05, 4.69) is 10.3 Å². The Hall–Kier alpha value is -0.650. The van der Waals surface area contributed by atoms with E-state index in [0.29, 0.717) is 5.13 Å². The molecule has 16 heavy (non-hydrogen) atoms. The number of hydrogen-bond acceptors (Lipinski definition) is 4. The van der Waals surface area contributed by atoms with Crippen molar-refractivity contribution in [1.82, 2.24) is 4.98 Å². The Morgan fingerprint density at radius 2 is 2.19 bits per heavy atom. The van der Waals surface area contributed by atoms with Crippen LogP contribution >= 0.6 is 23.7 Å². The average molecular weight is 262 g/mol. The second-order valence-corrected chi connectivity index (χ2v) is 5.33. The fourth-order valence-electron chi connectivity index (χ4n) is 1.87.